The van der Waals surface area contributed by atoms with E-state index >= 15 is 0 Å². The van der Waals surface area contributed by atoms with E-state index in [9.17, 15) is 13.6 Å². The number of rotatable bonds is 4. The van der Waals surface area contributed by atoms with Gasteiger partial charge in [-0.1, -0.05) is 30.3 Å². The van der Waals surface area contributed by atoms with Crippen LogP contribution in [0.15, 0.2) is 54.6 Å². The molecule has 1 amide bonds. The molecule has 0 spiro atoms. The van der Waals surface area contributed by atoms with Gasteiger partial charge in [-0.25, -0.2) is 4.98 Å². The monoisotopic (exact) mass is 423 g/mol. The van der Waals surface area contributed by atoms with E-state index in [1.807, 2.05) is 42.2 Å². The third kappa shape index (κ3) is 3.46. The number of halogens is 2. The summed E-state index contributed by atoms with van der Waals surface area (Å²) in [6.45, 7) is 1.50. The van der Waals surface area contributed by atoms with Gasteiger partial charge in [0.1, 0.15) is 11.5 Å². The van der Waals surface area contributed by atoms with E-state index in [4.69, 9.17) is 0 Å². The molecule has 3 heterocycles. The highest BCUT2D eigenvalue weighted by Crippen LogP contribution is 2.30. The summed E-state index contributed by atoms with van der Waals surface area (Å²) in [4.78, 5) is 24.5. The number of imidazole rings is 1. The van der Waals surface area contributed by atoms with Crippen LogP contribution in [0.2, 0.25) is 0 Å². The van der Waals surface area contributed by atoms with Gasteiger partial charge in [0, 0.05) is 37.1 Å². The Balaban J connectivity index is 1.32. The first-order chi connectivity index (χ1) is 15.0. The molecule has 8 heteroatoms. The van der Waals surface area contributed by atoms with E-state index in [0.717, 1.165) is 15.5 Å². The summed E-state index contributed by atoms with van der Waals surface area (Å²) in [5, 5.41) is 1.00. The zero-order valence-corrected chi connectivity index (χ0v) is 17.1. The first-order valence-corrected chi connectivity index (χ1v) is 10.4. The predicted octanol–water partition coefficient (Wildman–Crippen LogP) is 4.43. The molecule has 1 saturated heterocycles. The van der Waals surface area contributed by atoms with E-state index in [1.165, 1.54) is 0 Å². The van der Waals surface area contributed by atoms with Crippen molar-refractivity contribution in [1.29, 1.82) is 0 Å². The largest absolute Gasteiger partial charge is 0.351 e. The predicted molar refractivity (Wildman–Crippen MR) is 115 cm³/mol. The van der Waals surface area contributed by atoms with Gasteiger partial charge >= 0.3 is 6.55 Å². The second-order valence-electron chi connectivity index (χ2n) is 7.88. The smallest absolute Gasteiger partial charge is 0.320 e. The van der Waals surface area contributed by atoms with Gasteiger partial charge in [0.15, 0.2) is 0 Å². The number of carbonyl (C=O) groups is 1. The second-order valence-corrected chi connectivity index (χ2v) is 7.88. The summed E-state index contributed by atoms with van der Waals surface area (Å²) in [7, 11) is 0. The van der Waals surface area contributed by atoms with Crippen molar-refractivity contribution in [2.45, 2.75) is 19.5 Å². The SMILES string of the molecule is CC(c1nc2ccccc2n1C(F)F)N1CCN(C(=O)c2cc3ccccc3[nH]2)CC1. The molecule has 31 heavy (non-hydrogen) atoms. The number of para-hydroxylation sites is 3. The van der Waals surface area contributed by atoms with Gasteiger partial charge in [0.05, 0.1) is 17.1 Å². The van der Waals surface area contributed by atoms with Crippen molar-refractivity contribution in [3.05, 3.63) is 66.1 Å². The number of nitrogens with one attached hydrogen (secondary N) is 1. The molecule has 1 atom stereocenters. The highest BCUT2D eigenvalue weighted by molar-refractivity contribution is 5.98. The minimum Gasteiger partial charge on any atom is -0.351 e. The Morgan fingerprint density at radius 3 is 2.48 bits per heavy atom. The van der Waals surface area contributed by atoms with E-state index in [-0.39, 0.29) is 11.9 Å². The average Bonchev–Trinajstić information content (AvgIpc) is 3.40. The van der Waals surface area contributed by atoms with Crippen LogP contribution < -0.4 is 0 Å². The number of amides is 1. The minimum absolute atomic E-state index is 0.0386. The fourth-order valence-electron chi connectivity index (χ4n) is 4.40. The molecule has 1 fully saturated rings. The van der Waals surface area contributed by atoms with Gasteiger partial charge in [-0.05, 0) is 31.2 Å². The van der Waals surface area contributed by atoms with Gasteiger partial charge in [-0.2, -0.15) is 8.78 Å². The molecule has 160 valence electrons. The molecule has 0 radical (unpaired) electrons. The highest BCUT2D eigenvalue weighted by Gasteiger charge is 2.30. The Morgan fingerprint density at radius 2 is 1.74 bits per heavy atom. The first kappa shape index (κ1) is 19.7. The van der Waals surface area contributed by atoms with Crippen molar-refractivity contribution in [1.82, 2.24) is 24.3 Å². The van der Waals surface area contributed by atoms with Crippen LogP contribution >= 0.6 is 0 Å². The number of benzene rings is 2. The number of alkyl halides is 2. The van der Waals surface area contributed by atoms with Crippen molar-refractivity contribution in [3.8, 4) is 0 Å². The molecular weight excluding hydrogens is 400 g/mol. The van der Waals surface area contributed by atoms with Gasteiger partial charge in [-0.3, -0.25) is 14.3 Å². The number of hydrogen-bond acceptors (Lipinski definition) is 3. The van der Waals surface area contributed by atoms with Crippen LogP contribution in [0, 0.1) is 0 Å². The lowest BCUT2D eigenvalue weighted by Crippen LogP contribution is -2.49. The maximum absolute atomic E-state index is 13.8. The minimum atomic E-state index is -2.66. The van der Waals surface area contributed by atoms with Crippen LogP contribution in [0.25, 0.3) is 21.9 Å². The van der Waals surface area contributed by atoms with E-state index < -0.39 is 6.55 Å². The normalized spacial score (nSPS) is 16.5. The van der Waals surface area contributed by atoms with E-state index in [2.05, 4.69) is 14.9 Å². The molecule has 1 unspecified atom stereocenters. The Labute approximate surface area is 178 Å². The molecule has 5 rings (SSSR count). The van der Waals surface area contributed by atoms with Gasteiger partial charge < -0.3 is 9.88 Å². The van der Waals surface area contributed by atoms with Gasteiger partial charge in [0.25, 0.3) is 5.91 Å². The maximum atomic E-state index is 13.8. The van der Waals surface area contributed by atoms with Crippen molar-refractivity contribution < 1.29 is 13.6 Å². The van der Waals surface area contributed by atoms with Crippen LogP contribution in [0.3, 0.4) is 0 Å². The van der Waals surface area contributed by atoms with Crippen molar-refractivity contribution in [3.63, 3.8) is 0 Å². The topological polar surface area (TPSA) is 57.2 Å². The zero-order chi connectivity index (χ0) is 21.5. The Bertz CT molecular complexity index is 1210. The summed E-state index contributed by atoms with van der Waals surface area (Å²) in [5.41, 5.74) is 2.51. The fourth-order valence-corrected chi connectivity index (χ4v) is 4.40. The van der Waals surface area contributed by atoms with Gasteiger partial charge in [0.2, 0.25) is 0 Å². The summed E-state index contributed by atoms with van der Waals surface area (Å²) in [6.07, 6.45) is 0. The van der Waals surface area contributed by atoms with Crippen LogP contribution in [0.5, 0.6) is 0 Å². The lowest BCUT2D eigenvalue weighted by molar-refractivity contribution is 0.0492. The Hall–Kier alpha value is -3.26. The maximum Gasteiger partial charge on any atom is 0.320 e. The molecule has 2 aromatic heterocycles. The summed E-state index contributed by atoms with van der Waals surface area (Å²) in [5.74, 6) is 0.315. The van der Waals surface area contributed by atoms with E-state index in [1.54, 1.807) is 24.3 Å². The molecule has 0 bridgehead atoms. The van der Waals surface area contributed by atoms with Crippen molar-refractivity contribution in [2.75, 3.05) is 26.2 Å². The summed E-state index contributed by atoms with van der Waals surface area (Å²) >= 11 is 0. The molecule has 2 aromatic carbocycles. The average molecular weight is 423 g/mol. The number of fused-ring (bicyclic) bond motifs is 2. The van der Waals surface area contributed by atoms with Crippen LogP contribution in [0.1, 0.15) is 35.8 Å². The third-order valence-corrected chi connectivity index (χ3v) is 6.10. The quantitative estimate of drug-likeness (QED) is 0.528. The van der Waals surface area contributed by atoms with Crippen LogP contribution in [0.4, 0.5) is 8.78 Å². The van der Waals surface area contributed by atoms with E-state index in [0.29, 0.717) is 48.7 Å². The molecule has 1 aliphatic rings. The standard InChI is InChI=1S/C23H23F2N5O/c1-15(21-27-18-8-4-5-9-20(18)30(21)23(24)25)28-10-12-29(13-11-28)22(31)19-14-16-6-2-3-7-17(16)26-19/h2-9,14-15,23,26H,10-13H2,1H3. The number of hydrogen-bond donors (Lipinski definition) is 1. The van der Waals surface area contributed by atoms with Crippen LogP contribution in [-0.2, 0) is 0 Å². The van der Waals surface area contributed by atoms with Crippen LogP contribution in [-0.4, -0.2) is 56.4 Å². The Morgan fingerprint density at radius 1 is 1.03 bits per heavy atom. The zero-order valence-electron chi connectivity index (χ0n) is 17.1. The second kappa shape index (κ2) is 7.77. The number of H-pyrrole nitrogens is 1. The highest BCUT2D eigenvalue weighted by atomic mass is 19.3. The molecular formula is C23H23F2N5O. The molecule has 0 aliphatic carbocycles. The molecule has 1 N–H and O–H groups in total. The molecule has 0 saturated carbocycles. The summed E-state index contributed by atoms with van der Waals surface area (Å²) < 4.78 is 28.6. The van der Waals surface area contributed by atoms with Crippen molar-refractivity contribution in [2.24, 2.45) is 0 Å². The van der Waals surface area contributed by atoms with Crippen molar-refractivity contribution >= 4 is 27.8 Å². The number of nitrogens with zero attached hydrogens (tertiary/aromatic N) is 4. The first-order valence-electron chi connectivity index (χ1n) is 10.4. The van der Waals surface area contributed by atoms with Gasteiger partial charge in [-0.15, -0.1) is 0 Å². The fraction of sp³-hybridized carbons (Fsp3) is 0.304. The molecule has 6 nitrogen and oxygen atoms in total. The molecule has 4 aromatic rings. The lowest BCUT2D eigenvalue weighted by atomic mass is 10.2. The number of aromatic amines is 1. The molecule has 1 aliphatic heterocycles. The number of carbonyl (C=O) groups excluding carboxylic acids is 1. The number of piperazine rings is 1. The lowest BCUT2D eigenvalue weighted by Gasteiger charge is -2.37. The summed E-state index contributed by atoms with van der Waals surface area (Å²) in [6, 6.07) is 16.3. The third-order valence-electron chi connectivity index (χ3n) is 6.10. The number of aromatic nitrogens is 3. The Kier molecular flexibility index (Phi) is 4.94.